The van der Waals surface area contributed by atoms with Crippen LogP contribution in [0.5, 0.6) is 0 Å². The Balaban J connectivity index is 3.66. The molecule has 0 fully saturated rings. The van der Waals surface area contributed by atoms with Crippen molar-refractivity contribution in [3.63, 3.8) is 0 Å². The Morgan fingerprint density at radius 1 is 2.00 bits per heavy atom. The highest BCUT2D eigenvalue weighted by Crippen LogP contribution is 1.93. The fraction of sp³-hybridized carbons (Fsp3) is 0.600. The van der Waals surface area contributed by atoms with Crippen LogP contribution in [0, 0.1) is 12.3 Å². The summed E-state index contributed by atoms with van der Waals surface area (Å²) in [5.41, 5.74) is 3.91. The van der Waals surface area contributed by atoms with E-state index in [1.165, 1.54) is 6.92 Å². The highest BCUT2D eigenvalue weighted by atomic mass is 16.3. The van der Waals surface area contributed by atoms with Crippen LogP contribution in [-0.2, 0) is 0 Å². The Morgan fingerprint density at radius 2 is 2.43 bits per heavy atom. The summed E-state index contributed by atoms with van der Waals surface area (Å²) in [6.45, 7) is 1.61. The average Bonchev–Trinajstić information content (AvgIpc) is 1.68. The molecule has 0 aliphatic carbocycles. The van der Waals surface area contributed by atoms with Gasteiger partial charge in [0.15, 0.2) is 0 Å². The van der Waals surface area contributed by atoms with E-state index < -0.39 is 5.60 Å². The summed E-state index contributed by atoms with van der Waals surface area (Å²) in [5.74, 6) is 2.12. The van der Waals surface area contributed by atoms with Crippen LogP contribution in [0.15, 0.2) is 0 Å². The number of aliphatic hydroxyl groups is 1. The number of terminal acetylenes is 1. The lowest BCUT2D eigenvalue weighted by Crippen LogP contribution is -2.31. The Morgan fingerprint density at radius 3 is 2.43 bits per heavy atom. The lowest BCUT2D eigenvalue weighted by molar-refractivity contribution is 0.131. The van der Waals surface area contributed by atoms with Gasteiger partial charge in [0.2, 0.25) is 0 Å². The van der Waals surface area contributed by atoms with Crippen molar-refractivity contribution in [2.75, 3.05) is 6.54 Å². The maximum atomic E-state index is 8.77. The first kappa shape index (κ1) is 6.48. The second-order valence-electron chi connectivity index (χ2n) is 1.62. The Labute approximate surface area is 43.3 Å². The lowest BCUT2D eigenvalue weighted by Gasteiger charge is -2.10. The molecular formula is C5H9NO. The molecule has 0 aromatic carbocycles. The van der Waals surface area contributed by atoms with Gasteiger partial charge in [-0.15, -0.1) is 6.42 Å². The van der Waals surface area contributed by atoms with E-state index in [2.05, 4.69) is 5.92 Å². The molecule has 0 heterocycles. The molecule has 2 nitrogen and oxygen atoms in total. The Bertz CT molecular complexity index is 90.7. The molecule has 0 rings (SSSR count). The number of rotatable bonds is 1. The van der Waals surface area contributed by atoms with E-state index in [1.807, 2.05) is 0 Å². The van der Waals surface area contributed by atoms with Gasteiger partial charge in [-0.25, -0.2) is 0 Å². The first-order valence-electron chi connectivity index (χ1n) is 2.02. The minimum absolute atomic E-state index is 0.115. The smallest absolute Gasteiger partial charge is 0.134 e. The fourth-order valence-corrected chi connectivity index (χ4v) is 0.0589. The van der Waals surface area contributed by atoms with Crippen molar-refractivity contribution in [2.24, 2.45) is 5.73 Å². The van der Waals surface area contributed by atoms with Gasteiger partial charge < -0.3 is 10.8 Å². The van der Waals surface area contributed by atoms with Gasteiger partial charge in [-0.2, -0.15) is 0 Å². The standard InChI is InChI=1S/C5H9NO/c1-3-5(2,7)4-6/h1,7H,4,6H2,2H3. The zero-order valence-electron chi connectivity index (χ0n) is 4.31. The van der Waals surface area contributed by atoms with Gasteiger partial charge >= 0.3 is 0 Å². The van der Waals surface area contributed by atoms with Gasteiger partial charge in [0.05, 0.1) is 0 Å². The summed E-state index contributed by atoms with van der Waals surface area (Å²) in [5, 5.41) is 8.77. The molecule has 0 radical (unpaired) electrons. The van der Waals surface area contributed by atoms with Crippen molar-refractivity contribution in [2.45, 2.75) is 12.5 Å². The fourth-order valence-electron chi connectivity index (χ4n) is 0.0589. The summed E-state index contributed by atoms with van der Waals surface area (Å²) in [6, 6.07) is 0. The van der Waals surface area contributed by atoms with Crippen molar-refractivity contribution in [3.8, 4) is 12.3 Å². The second-order valence-corrected chi connectivity index (χ2v) is 1.62. The molecular weight excluding hydrogens is 90.1 g/mol. The van der Waals surface area contributed by atoms with Crippen molar-refractivity contribution >= 4 is 0 Å². The third-order valence-corrected chi connectivity index (χ3v) is 0.708. The minimum Gasteiger partial charge on any atom is -0.377 e. The van der Waals surface area contributed by atoms with E-state index in [-0.39, 0.29) is 6.54 Å². The quantitative estimate of drug-likeness (QED) is 0.428. The highest BCUT2D eigenvalue weighted by molar-refractivity contribution is 5.04. The van der Waals surface area contributed by atoms with Crippen LogP contribution in [0.3, 0.4) is 0 Å². The predicted molar refractivity (Wildman–Crippen MR) is 28.5 cm³/mol. The van der Waals surface area contributed by atoms with E-state index in [4.69, 9.17) is 17.3 Å². The maximum Gasteiger partial charge on any atom is 0.134 e. The Hall–Kier alpha value is -0.520. The van der Waals surface area contributed by atoms with E-state index in [9.17, 15) is 0 Å². The molecule has 0 aliphatic rings. The molecule has 0 saturated heterocycles. The molecule has 0 bridgehead atoms. The summed E-state index contributed by atoms with van der Waals surface area (Å²) >= 11 is 0. The van der Waals surface area contributed by atoms with Crippen LogP contribution in [0.4, 0.5) is 0 Å². The molecule has 0 spiro atoms. The van der Waals surface area contributed by atoms with Gasteiger partial charge in [-0.3, -0.25) is 0 Å². The van der Waals surface area contributed by atoms with Crippen LogP contribution in [0.1, 0.15) is 6.92 Å². The predicted octanol–water partition coefficient (Wildman–Crippen LogP) is -0.671. The third-order valence-electron chi connectivity index (χ3n) is 0.708. The molecule has 3 N–H and O–H groups in total. The molecule has 40 valence electrons. The van der Waals surface area contributed by atoms with Crippen molar-refractivity contribution in [3.05, 3.63) is 0 Å². The summed E-state index contributed by atoms with van der Waals surface area (Å²) in [6.07, 6.45) is 4.84. The van der Waals surface area contributed by atoms with E-state index in [1.54, 1.807) is 0 Å². The van der Waals surface area contributed by atoms with Crippen LogP contribution in [-0.4, -0.2) is 17.3 Å². The highest BCUT2D eigenvalue weighted by Gasteiger charge is 2.11. The second kappa shape index (κ2) is 1.97. The average molecular weight is 99.1 g/mol. The monoisotopic (exact) mass is 99.1 g/mol. The van der Waals surface area contributed by atoms with Gasteiger partial charge in [-0.05, 0) is 6.92 Å². The van der Waals surface area contributed by atoms with Crippen LogP contribution in [0.25, 0.3) is 0 Å². The van der Waals surface area contributed by atoms with Crippen LogP contribution < -0.4 is 5.73 Å². The van der Waals surface area contributed by atoms with Crippen LogP contribution in [0.2, 0.25) is 0 Å². The van der Waals surface area contributed by atoms with Crippen molar-refractivity contribution in [1.29, 1.82) is 0 Å². The summed E-state index contributed by atoms with van der Waals surface area (Å²) in [7, 11) is 0. The number of hydrogen-bond donors (Lipinski definition) is 2. The molecule has 2 heteroatoms. The molecule has 0 saturated carbocycles. The minimum atomic E-state index is -1.11. The molecule has 0 aliphatic heterocycles. The van der Waals surface area contributed by atoms with Crippen molar-refractivity contribution in [1.82, 2.24) is 0 Å². The Kier molecular flexibility index (Phi) is 1.82. The molecule has 1 atom stereocenters. The number of hydrogen-bond acceptors (Lipinski definition) is 2. The van der Waals surface area contributed by atoms with Gasteiger partial charge in [0.25, 0.3) is 0 Å². The number of nitrogens with two attached hydrogens (primary N) is 1. The van der Waals surface area contributed by atoms with Crippen molar-refractivity contribution < 1.29 is 5.11 Å². The molecule has 0 amide bonds. The topological polar surface area (TPSA) is 46.2 Å². The van der Waals surface area contributed by atoms with Gasteiger partial charge in [0.1, 0.15) is 5.60 Å². The lowest BCUT2D eigenvalue weighted by atomic mass is 10.1. The largest absolute Gasteiger partial charge is 0.377 e. The molecule has 7 heavy (non-hydrogen) atoms. The SMILES string of the molecule is C#CC(C)(O)CN. The van der Waals surface area contributed by atoms with E-state index in [0.29, 0.717) is 0 Å². The molecule has 0 aromatic heterocycles. The van der Waals surface area contributed by atoms with Gasteiger partial charge in [0, 0.05) is 6.54 Å². The molecule has 0 aromatic rings. The van der Waals surface area contributed by atoms with Gasteiger partial charge in [-0.1, -0.05) is 5.92 Å². The van der Waals surface area contributed by atoms with E-state index >= 15 is 0 Å². The van der Waals surface area contributed by atoms with Crippen LogP contribution >= 0.6 is 0 Å². The third kappa shape index (κ3) is 2.21. The first-order chi connectivity index (χ1) is 3.12. The normalized spacial score (nSPS) is 17.4. The summed E-state index contributed by atoms with van der Waals surface area (Å²) < 4.78 is 0. The molecule has 1 unspecified atom stereocenters. The zero-order valence-corrected chi connectivity index (χ0v) is 4.31. The van der Waals surface area contributed by atoms with E-state index in [0.717, 1.165) is 0 Å². The maximum absolute atomic E-state index is 8.77. The first-order valence-corrected chi connectivity index (χ1v) is 2.02. The summed E-state index contributed by atoms with van der Waals surface area (Å²) in [4.78, 5) is 0. The zero-order chi connectivity index (χ0) is 5.91.